The van der Waals surface area contributed by atoms with Gasteiger partial charge in [-0.25, -0.2) is 0 Å². The van der Waals surface area contributed by atoms with Crippen LogP contribution >= 0.6 is 0 Å². The van der Waals surface area contributed by atoms with E-state index < -0.39 is 0 Å². The predicted octanol–water partition coefficient (Wildman–Crippen LogP) is 1.05. The van der Waals surface area contributed by atoms with Gasteiger partial charge in [0.2, 0.25) is 5.91 Å². The summed E-state index contributed by atoms with van der Waals surface area (Å²) in [7, 11) is 1.69. The van der Waals surface area contributed by atoms with E-state index in [0.717, 1.165) is 25.7 Å². The molecule has 0 aromatic heterocycles. The zero-order valence-electron chi connectivity index (χ0n) is 10.7. The Hall–Kier alpha value is -0.610. The molecule has 4 nitrogen and oxygen atoms in total. The third kappa shape index (κ3) is 2.80. The maximum atomic E-state index is 12.3. The molecule has 1 atom stereocenters. The molecule has 98 valence electrons. The van der Waals surface area contributed by atoms with Crippen LogP contribution in [0.1, 0.15) is 38.5 Å². The summed E-state index contributed by atoms with van der Waals surface area (Å²) in [6, 6.07) is 0.197. The highest BCUT2D eigenvalue weighted by molar-refractivity contribution is 5.83. The highest BCUT2D eigenvalue weighted by Gasteiger charge is 2.45. The first-order valence-electron chi connectivity index (χ1n) is 6.72. The van der Waals surface area contributed by atoms with Gasteiger partial charge >= 0.3 is 0 Å². The van der Waals surface area contributed by atoms with Crippen molar-refractivity contribution in [1.29, 1.82) is 0 Å². The zero-order chi connectivity index (χ0) is 12.3. The second-order valence-electron chi connectivity index (χ2n) is 5.53. The SMILES string of the molecule is COCCC1(C(=O)NC(CN)C2CC2)CCC1. The third-order valence-corrected chi connectivity index (χ3v) is 4.34. The Bertz CT molecular complexity index is 273. The molecule has 0 aliphatic heterocycles. The van der Waals surface area contributed by atoms with Gasteiger partial charge in [-0.1, -0.05) is 6.42 Å². The highest BCUT2D eigenvalue weighted by atomic mass is 16.5. The Kier molecular flexibility index (Phi) is 4.05. The van der Waals surface area contributed by atoms with Crippen LogP contribution in [0.5, 0.6) is 0 Å². The molecule has 2 fully saturated rings. The number of ether oxygens (including phenoxy) is 1. The monoisotopic (exact) mass is 240 g/mol. The van der Waals surface area contributed by atoms with Crippen molar-refractivity contribution in [2.24, 2.45) is 17.1 Å². The van der Waals surface area contributed by atoms with E-state index in [0.29, 0.717) is 19.1 Å². The fourth-order valence-corrected chi connectivity index (χ4v) is 2.68. The summed E-state index contributed by atoms with van der Waals surface area (Å²) in [6.07, 6.45) is 6.44. The minimum Gasteiger partial charge on any atom is -0.385 e. The molecule has 1 amide bonds. The van der Waals surface area contributed by atoms with Gasteiger partial charge in [-0.15, -0.1) is 0 Å². The van der Waals surface area contributed by atoms with E-state index in [1.807, 2.05) is 0 Å². The fourth-order valence-electron chi connectivity index (χ4n) is 2.68. The quantitative estimate of drug-likeness (QED) is 0.699. The molecule has 2 rings (SSSR count). The second-order valence-corrected chi connectivity index (χ2v) is 5.53. The van der Waals surface area contributed by atoms with Crippen LogP contribution in [0.15, 0.2) is 0 Å². The average molecular weight is 240 g/mol. The average Bonchev–Trinajstić information content (AvgIpc) is 3.08. The lowest BCUT2D eigenvalue weighted by Crippen LogP contribution is -2.52. The Morgan fingerprint density at radius 3 is 2.65 bits per heavy atom. The van der Waals surface area contributed by atoms with E-state index >= 15 is 0 Å². The number of amides is 1. The first kappa shape index (κ1) is 12.8. The summed E-state index contributed by atoms with van der Waals surface area (Å²) in [5.74, 6) is 0.839. The summed E-state index contributed by atoms with van der Waals surface area (Å²) in [4.78, 5) is 12.3. The van der Waals surface area contributed by atoms with Gasteiger partial charge in [0.05, 0.1) is 5.41 Å². The van der Waals surface area contributed by atoms with Crippen molar-refractivity contribution in [1.82, 2.24) is 5.32 Å². The summed E-state index contributed by atoms with van der Waals surface area (Å²) in [5, 5.41) is 3.16. The van der Waals surface area contributed by atoms with Crippen LogP contribution < -0.4 is 11.1 Å². The van der Waals surface area contributed by atoms with E-state index in [1.165, 1.54) is 12.8 Å². The number of hydrogen-bond donors (Lipinski definition) is 2. The lowest BCUT2D eigenvalue weighted by molar-refractivity contribution is -0.138. The molecule has 2 aliphatic rings. The number of carbonyl (C=O) groups is 1. The normalized spacial score (nSPS) is 23.9. The van der Waals surface area contributed by atoms with Gasteiger partial charge in [0, 0.05) is 26.3 Å². The molecular formula is C13H24N2O2. The molecule has 0 spiro atoms. The summed E-state index contributed by atoms with van der Waals surface area (Å²) < 4.78 is 5.11. The molecule has 17 heavy (non-hydrogen) atoms. The van der Waals surface area contributed by atoms with Crippen molar-refractivity contribution in [3.05, 3.63) is 0 Å². The molecule has 2 saturated carbocycles. The van der Waals surface area contributed by atoms with Gasteiger partial charge in [0.25, 0.3) is 0 Å². The van der Waals surface area contributed by atoms with Crippen LogP contribution in [-0.4, -0.2) is 32.2 Å². The number of nitrogens with one attached hydrogen (secondary N) is 1. The number of hydrogen-bond acceptors (Lipinski definition) is 3. The number of rotatable bonds is 7. The van der Waals surface area contributed by atoms with Crippen LogP contribution in [0.4, 0.5) is 0 Å². The molecule has 3 N–H and O–H groups in total. The van der Waals surface area contributed by atoms with Gasteiger partial charge in [0.1, 0.15) is 0 Å². The van der Waals surface area contributed by atoms with E-state index in [2.05, 4.69) is 5.32 Å². The Morgan fingerprint density at radius 1 is 1.53 bits per heavy atom. The number of methoxy groups -OCH3 is 1. The molecule has 0 aromatic carbocycles. The van der Waals surface area contributed by atoms with Crippen LogP contribution in [0, 0.1) is 11.3 Å². The van der Waals surface area contributed by atoms with Crippen molar-refractivity contribution in [3.63, 3.8) is 0 Å². The van der Waals surface area contributed by atoms with Crippen LogP contribution in [-0.2, 0) is 9.53 Å². The molecule has 0 heterocycles. The van der Waals surface area contributed by atoms with Gasteiger partial charge in [0.15, 0.2) is 0 Å². The van der Waals surface area contributed by atoms with Crippen LogP contribution in [0.3, 0.4) is 0 Å². The summed E-state index contributed by atoms with van der Waals surface area (Å²) in [6.45, 7) is 1.24. The predicted molar refractivity (Wildman–Crippen MR) is 66.5 cm³/mol. The lowest BCUT2D eigenvalue weighted by atomic mass is 9.66. The molecule has 1 unspecified atom stereocenters. The van der Waals surface area contributed by atoms with E-state index in [-0.39, 0.29) is 17.4 Å². The van der Waals surface area contributed by atoms with Gasteiger partial charge < -0.3 is 15.8 Å². The Balaban J connectivity index is 1.87. The van der Waals surface area contributed by atoms with E-state index in [9.17, 15) is 4.79 Å². The zero-order valence-corrected chi connectivity index (χ0v) is 10.7. The number of carbonyl (C=O) groups excluding carboxylic acids is 1. The molecule has 4 heteroatoms. The fraction of sp³-hybridized carbons (Fsp3) is 0.923. The van der Waals surface area contributed by atoms with E-state index in [4.69, 9.17) is 10.5 Å². The maximum absolute atomic E-state index is 12.3. The maximum Gasteiger partial charge on any atom is 0.226 e. The molecule has 0 radical (unpaired) electrons. The Morgan fingerprint density at radius 2 is 2.24 bits per heavy atom. The van der Waals surface area contributed by atoms with Crippen molar-refractivity contribution >= 4 is 5.91 Å². The smallest absolute Gasteiger partial charge is 0.226 e. The summed E-state index contributed by atoms with van der Waals surface area (Å²) >= 11 is 0. The van der Waals surface area contributed by atoms with Gasteiger partial charge in [-0.05, 0) is 38.0 Å². The van der Waals surface area contributed by atoms with Crippen molar-refractivity contribution < 1.29 is 9.53 Å². The van der Waals surface area contributed by atoms with Crippen molar-refractivity contribution in [3.8, 4) is 0 Å². The van der Waals surface area contributed by atoms with Gasteiger partial charge in [-0.2, -0.15) is 0 Å². The minimum absolute atomic E-state index is 0.154. The van der Waals surface area contributed by atoms with Crippen LogP contribution in [0.25, 0.3) is 0 Å². The third-order valence-electron chi connectivity index (χ3n) is 4.34. The highest BCUT2D eigenvalue weighted by Crippen LogP contribution is 2.44. The van der Waals surface area contributed by atoms with Crippen LogP contribution in [0.2, 0.25) is 0 Å². The second kappa shape index (κ2) is 5.36. The standard InChI is InChI=1S/C13H24N2O2/c1-17-8-7-13(5-2-6-13)12(16)15-11(9-14)10-3-4-10/h10-11H,2-9,14H2,1H3,(H,15,16). The first-order chi connectivity index (χ1) is 8.22. The molecule has 2 aliphatic carbocycles. The number of nitrogens with two attached hydrogens (primary N) is 1. The molecule has 0 saturated heterocycles. The largest absolute Gasteiger partial charge is 0.385 e. The molecular weight excluding hydrogens is 216 g/mol. The van der Waals surface area contributed by atoms with Crippen molar-refractivity contribution in [2.45, 2.75) is 44.6 Å². The van der Waals surface area contributed by atoms with Crippen molar-refractivity contribution in [2.75, 3.05) is 20.3 Å². The first-order valence-corrected chi connectivity index (χ1v) is 6.72. The topological polar surface area (TPSA) is 64.3 Å². The Labute approximate surface area is 103 Å². The van der Waals surface area contributed by atoms with E-state index in [1.54, 1.807) is 7.11 Å². The lowest BCUT2D eigenvalue weighted by Gasteiger charge is -2.41. The minimum atomic E-state index is -0.154. The summed E-state index contributed by atoms with van der Waals surface area (Å²) in [5.41, 5.74) is 5.57. The molecule has 0 bridgehead atoms. The molecule has 0 aromatic rings. The van der Waals surface area contributed by atoms with Gasteiger partial charge in [-0.3, -0.25) is 4.79 Å².